The van der Waals surface area contributed by atoms with Crippen molar-refractivity contribution in [2.75, 3.05) is 0 Å². The molecule has 0 aliphatic heterocycles. The summed E-state index contributed by atoms with van der Waals surface area (Å²) in [6.45, 7) is 3.85. The molecule has 0 radical (unpaired) electrons. The fourth-order valence-corrected chi connectivity index (χ4v) is 2.22. The quantitative estimate of drug-likeness (QED) is 0.636. The van der Waals surface area contributed by atoms with Gasteiger partial charge in [-0.1, -0.05) is 0 Å². The van der Waals surface area contributed by atoms with Crippen LogP contribution in [0.5, 0.6) is 0 Å². The number of carbonyl (C=O) groups is 2. The fraction of sp³-hybridized carbons (Fsp3) is 0.250. The topological polar surface area (TPSA) is 39.1 Å². The van der Waals surface area contributed by atoms with Gasteiger partial charge < -0.3 is 4.57 Å². The van der Waals surface area contributed by atoms with E-state index in [1.165, 1.54) is 12.1 Å². The van der Waals surface area contributed by atoms with E-state index in [4.69, 9.17) is 0 Å². The summed E-state index contributed by atoms with van der Waals surface area (Å²) in [6.07, 6.45) is -6.14. The number of rotatable bonds is 4. The van der Waals surface area contributed by atoms with E-state index >= 15 is 0 Å². The second kappa shape index (κ2) is 5.79. The first-order valence-corrected chi connectivity index (χ1v) is 6.59. The first-order chi connectivity index (χ1) is 10.2. The predicted octanol–water partition coefficient (Wildman–Crippen LogP) is 3.80. The van der Waals surface area contributed by atoms with Gasteiger partial charge in [-0.2, -0.15) is 13.2 Å². The van der Waals surface area contributed by atoms with Gasteiger partial charge in [-0.25, -0.2) is 0 Å². The zero-order valence-electron chi connectivity index (χ0n) is 12.1. The lowest BCUT2D eigenvalue weighted by atomic mass is 10.1. The van der Waals surface area contributed by atoms with Crippen molar-refractivity contribution in [3.8, 4) is 5.69 Å². The Labute approximate surface area is 125 Å². The van der Waals surface area contributed by atoms with E-state index < -0.39 is 24.2 Å². The van der Waals surface area contributed by atoms with Crippen LogP contribution in [0, 0.1) is 13.8 Å². The van der Waals surface area contributed by atoms with Crippen molar-refractivity contribution < 1.29 is 22.8 Å². The molecule has 0 atom stereocenters. The number of ketones is 2. The Morgan fingerprint density at radius 2 is 1.45 bits per heavy atom. The Hall–Kier alpha value is -2.37. The van der Waals surface area contributed by atoms with Crippen molar-refractivity contribution in [2.45, 2.75) is 26.4 Å². The fourth-order valence-electron chi connectivity index (χ4n) is 2.22. The van der Waals surface area contributed by atoms with Crippen LogP contribution in [-0.4, -0.2) is 22.3 Å². The van der Waals surface area contributed by atoms with Gasteiger partial charge in [-0.05, 0) is 50.2 Å². The van der Waals surface area contributed by atoms with Gasteiger partial charge in [0, 0.05) is 22.6 Å². The van der Waals surface area contributed by atoms with Crippen LogP contribution < -0.4 is 0 Å². The molecule has 0 spiro atoms. The Kier molecular flexibility index (Phi) is 4.21. The van der Waals surface area contributed by atoms with Crippen LogP contribution in [0.25, 0.3) is 5.69 Å². The summed E-state index contributed by atoms with van der Waals surface area (Å²) in [5.74, 6) is -2.87. The second-order valence-electron chi connectivity index (χ2n) is 5.02. The van der Waals surface area contributed by atoms with Crippen LogP contribution in [0.1, 0.15) is 28.2 Å². The highest BCUT2D eigenvalue weighted by atomic mass is 19.4. The number of benzene rings is 1. The summed E-state index contributed by atoms with van der Waals surface area (Å²) in [6, 6.07) is 10.0. The van der Waals surface area contributed by atoms with Gasteiger partial charge in [-0.15, -0.1) is 0 Å². The van der Waals surface area contributed by atoms with E-state index in [1.54, 1.807) is 12.1 Å². The molecular formula is C16H14F3NO2. The standard InChI is InChI=1S/C16H14F3NO2/c1-10-3-4-11(2)20(10)13-7-5-12(6-8-13)14(21)9-15(22)16(17,18)19/h3-8H,9H2,1-2H3. The molecule has 0 fully saturated rings. The third kappa shape index (κ3) is 3.27. The van der Waals surface area contributed by atoms with Gasteiger partial charge in [0.15, 0.2) is 5.78 Å². The molecule has 22 heavy (non-hydrogen) atoms. The van der Waals surface area contributed by atoms with Gasteiger partial charge in [-0.3, -0.25) is 9.59 Å². The maximum atomic E-state index is 12.2. The van der Waals surface area contributed by atoms with Crippen molar-refractivity contribution in [3.63, 3.8) is 0 Å². The molecule has 0 aliphatic carbocycles. The number of aromatic nitrogens is 1. The normalized spacial score (nSPS) is 11.5. The van der Waals surface area contributed by atoms with Crippen LogP contribution in [0.4, 0.5) is 13.2 Å². The number of hydrogen-bond donors (Lipinski definition) is 0. The molecule has 0 aliphatic rings. The molecule has 6 heteroatoms. The van der Waals surface area contributed by atoms with E-state index in [0.29, 0.717) is 0 Å². The highest BCUT2D eigenvalue weighted by Gasteiger charge is 2.39. The predicted molar refractivity (Wildman–Crippen MR) is 75.3 cm³/mol. The number of halogens is 3. The van der Waals surface area contributed by atoms with Crippen LogP contribution in [0.15, 0.2) is 36.4 Å². The summed E-state index contributed by atoms with van der Waals surface area (Å²) >= 11 is 0. The van der Waals surface area contributed by atoms with Crippen molar-refractivity contribution in [2.24, 2.45) is 0 Å². The van der Waals surface area contributed by atoms with Crippen LogP contribution >= 0.6 is 0 Å². The SMILES string of the molecule is Cc1ccc(C)n1-c1ccc(C(=O)CC(=O)C(F)(F)F)cc1. The maximum absolute atomic E-state index is 12.2. The first kappa shape index (κ1) is 16.0. The molecule has 0 unspecified atom stereocenters. The van der Waals surface area contributed by atoms with E-state index in [-0.39, 0.29) is 5.56 Å². The highest BCUT2D eigenvalue weighted by molar-refractivity contribution is 6.09. The lowest BCUT2D eigenvalue weighted by Crippen LogP contribution is -2.25. The van der Waals surface area contributed by atoms with Gasteiger partial charge in [0.2, 0.25) is 5.78 Å². The third-order valence-corrected chi connectivity index (χ3v) is 3.36. The van der Waals surface area contributed by atoms with E-state index in [2.05, 4.69) is 0 Å². The van der Waals surface area contributed by atoms with Crippen LogP contribution in [-0.2, 0) is 4.79 Å². The molecule has 116 valence electrons. The molecule has 0 saturated heterocycles. The largest absolute Gasteiger partial charge is 0.450 e. The van der Waals surface area contributed by atoms with Crippen molar-refractivity contribution in [3.05, 3.63) is 53.3 Å². The van der Waals surface area contributed by atoms with Crippen molar-refractivity contribution in [1.82, 2.24) is 4.57 Å². The maximum Gasteiger partial charge on any atom is 0.450 e. The average molecular weight is 309 g/mol. The van der Waals surface area contributed by atoms with Gasteiger partial charge in [0.05, 0.1) is 6.42 Å². The van der Waals surface area contributed by atoms with Crippen molar-refractivity contribution in [1.29, 1.82) is 0 Å². The number of hydrogen-bond acceptors (Lipinski definition) is 2. The van der Waals surface area contributed by atoms with E-state index in [1.807, 2.05) is 30.5 Å². The molecular weight excluding hydrogens is 295 g/mol. The van der Waals surface area contributed by atoms with Gasteiger partial charge >= 0.3 is 6.18 Å². The second-order valence-corrected chi connectivity index (χ2v) is 5.02. The summed E-state index contributed by atoms with van der Waals surface area (Å²) in [5, 5.41) is 0. The zero-order valence-corrected chi connectivity index (χ0v) is 12.1. The lowest BCUT2D eigenvalue weighted by molar-refractivity contribution is -0.170. The zero-order chi connectivity index (χ0) is 16.5. The minimum Gasteiger partial charge on any atom is -0.319 e. The molecule has 0 amide bonds. The monoisotopic (exact) mass is 309 g/mol. The highest BCUT2D eigenvalue weighted by Crippen LogP contribution is 2.21. The molecule has 0 saturated carbocycles. The van der Waals surface area contributed by atoms with Crippen LogP contribution in [0.3, 0.4) is 0 Å². The molecule has 0 bridgehead atoms. The summed E-state index contributed by atoms with van der Waals surface area (Å²) < 4.78 is 38.4. The van der Waals surface area contributed by atoms with Gasteiger partial charge in [0.1, 0.15) is 0 Å². The molecule has 0 N–H and O–H groups in total. The number of nitrogens with zero attached hydrogens (tertiary/aromatic N) is 1. The summed E-state index contributed by atoms with van der Waals surface area (Å²) in [7, 11) is 0. The van der Waals surface area contributed by atoms with E-state index in [0.717, 1.165) is 17.1 Å². The lowest BCUT2D eigenvalue weighted by Gasteiger charge is -2.10. The molecule has 1 aromatic heterocycles. The number of aryl methyl sites for hydroxylation is 2. The van der Waals surface area contributed by atoms with Crippen LogP contribution in [0.2, 0.25) is 0 Å². The Morgan fingerprint density at radius 1 is 0.955 bits per heavy atom. The Morgan fingerprint density at radius 3 is 1.91 bits per heavy atom. The van der Waals surface area contributed by atoms with Crippen molar-refractivity contribution >= 4 is 11.6 Å². The molecule has 2 rings (SSSR count). The number of carbonyl (C=O) groups excluding carboxylic acids is 2. The Balaban J connectivity index is 2.19. The van der Waals surface area contributed by atoms with E-state index in [9.17, 15) is 22.8 Å². The number of alkyl halides is 3. The molecule has 1 heterocycles. The van der Waals surface area contributed by atoms with Gasteiger partial charge in [0.25, 0.3) is 0 Å². The smallest absolute Gasteiger partial charge is 0.319 e. The minimum atomic E-state index is -4.98. The average Bonchev–Trinajstić information content (AvgIpc) is 2.77. The first-order valence-electron chi connectivity index (χ1n) is 6.59. The molecule has 2 aromatic rings. The minimum absolute atomic E-state index is 0.0869. The number of Topliss-reactive ketones (excluding diaryl/α,β-unsaturated/α-hetero) is 2. The summed E-state index contributed by atoms with van der Waals surface area (Å²) in [5.41, 5.74) is 2.90. The third-order valence-electron chi connectivity index (χ3n) is 3.36. The molecule has 3 nitrogen and oxygen atoms in total. The Bertz CT molecular complexity index is 692. The summed E-state index contributed by atoms with van der Waals surface area (Å²) in [4.78, 5) is 22.5. The molecule has 1 aromatic carbocycles.